The molecule has 0 radical (unpaired) electrons. The lowest BCUT2D eigenvalue weighted by Gasteiger charge is -2.38. The highest BCUT2D eigenvalue weighted by atomic mass is 16.5. The Bertz CT molecular complexity index is 790. The number of amides is 2. The maximum Gasteiger partial charge on any atom is 0.236 e. The smallest absolute Gasteiger partial charge is 0.236 e. The number of hydrogen-bond donors (Lipinski definition) is 1. The molecule has 6 heteroatoms. The van der Waals surface area contributed by atoms with E-state index in [0.29, 0.717) is 38.7 Å². The summed E-state index contributed by atoms with van der Waals surface area (Å²) in [4.78, 5) is 29.6. The molecule has 1 aliphatic carbocycles. The molecule has 1 saturated heterocycles. The second-order valence-electron chi connectivity index (χ2n) is 8.75. The average Bonchev–Trinajstić information content (AvgIpc) is 3.55. The van der Waals surface area contributed by atoms with Gasteiger partial charge in [-0.25, -0.2) is 0 Å². The highest BCUT2D eigenvalue weighted by molar-refractivity contribution is 5.79. The molecule has 30 heavy (non-hydrogen) atoms. The summed E-state index contributed by atoms with van der Waals surface area (Å²) in [7, 11) is 0. The van der Waals surface area contributed by atoms with E-state index in [9.17, 15) is 9.59 Å². The molecule has 162 valence electrons. The zero-order valence-corrected chi connectivity index (χ0v) is 17.9. The van der Waals surface area contributed by atoms with E-state index in [0.717, 1.165) is 43.7 Å². The molecule has 3 aliphatic rings. The van der Waals surface area contributed by atoms with Crippen LogP contribution in [0.4, 0.5) is 0 Å². The zero-order chi connectivity index (χ0) is 20.9. The van der Waals surface area contributed by atoms with Crippen LogP contribution in [0.15, 0.2) is 36.4 Å². The largest absolute Gasteiger partial charge is 0.489 e. The molecule has 1 aromatic rings. The number of carbonyl (C=O) groups is 2. The van der Waals surface area contributed by atoms with Crippen LogP contribution in [0.2, 0.25) is 0 Å². The van der Waals surface area contributed by atoms with Crippen LogP contribution in [0.25, 0.3) is 0 Å². The van der Waals surface area contributed by atoms with E-state index >= 15 is 0 Å². The standard InChI is InChI=1S/C24H33N3O3/c1-2-26-15-20-6-3-4-8-22(20)30-13-5-7-19-16-27(24(29)17-26)12-11-18(19)14-23(28)25-21-9-10-21/h3-8,18-19,21H,2,9-17H2,1H3,(H,25,28)/b7-5+/t18-,19-/m0/s1. The lowest BCUT2D eigenvalue weighted by atomic mass is 9.82. The molecule has 2 atom stereocenters. The molecule has 0 aromatic heterocycles. The number of benzene rings is 1. The van der Waals surface area contributed by atoms with Gasteiger partial charge in [0.25, 0.3) is 0 Å². The minimum atomic E-state index is 0.154. The number of ether oxygens (including phenoxy) is 1. The van der Waals surface area contributed by atoms with Gasteiger partial charge >= 0.3 is 0 Å². The monoisotopic (exact) mass is 411 g/mol. The Morgan fingerprint density at radius 1 is 1.20 bits per heavy atom. The van der Waals surface area contributed by atoms with E-state index in [-0.39, 0.29) is 23.7 Å². The Labute approximate surface area is 179 Å². The van der Waals surface area contributed by atoms with E-state index in [2.05, 4.69) is 35.4 Å². The van der Waals surface area contributed by atoms with Gasteiger partial charge in [0, 0.05) is 37.7 Å². The second kappa shape index (κ2) is 9.65. The molecule has 2 amide bonds. The first kappa shape index (κ1) is 20.9. The fourth-order valence-electron chi connectivity index (χ4n) is 4.44. The number of carbonyl (C=O) groups excluding carboxylic acids is 2. The third-order valence-electron chi connectivity index (χ3n) is 6.44. The molecule has 4 rings (SSSR count). The van der Waals surface area contributed by atoms with Crippen LogP contribution in [0.5, 0.6) is 5.75 Å². The Morgan fingerprint density at radius 3 is 2.83 bits per heavy atom. The number of para-hydroxylation sites is 1. The van der Waals surface area contributed by atoms with Crippen LogP contribution in [0.3, 0.4) is 0 Å². The van der Waals surface area contributed by atoms with Crippen molar-refractivity contribution in [1.29, 1.82) is 0 Å². The van der Waals surface area contributed by atoms with Crippen molar-refractivity contribution in [2.24, 2.45) is 11.8 Å². The molecule has 1 aromatic carbocycles. The van der Waals surface area contributed by atoms with E-state index < -0.39 is 0 Å². The number of nitrogens with zero attached hydrogens (tertiary/aromatic N) is 2. The molecule has 1 saturated carbocycles. The molecule has 2 heterocycles. The van der Waals surface area contributed by atoms with Gasteiger partial charge < -0.3 is 15.0 Å². The van der Waals surface area contributed by atoms with Gasteiger partial charge in [0.1, 0.15) is 12.4 Å². The minimum absolute atomic E-state index is 0.154. The first-order valence-electron chi connectivity index (χ1n) is 11.3. The van der Waals surface area contributed by atoms with Gasteiger partial charge in [-0.05, 0) is 43.7 Å². The van der Waals surface area contributed by atoms with Crippen molar-refractivity contribution in [3.63, 3.8) is 0 Å². The van der Waals surface area contributed by atoms with Crippen molar-refractivity contribution >= 4 is 11.8 Å². The van der Waals surface area contributed by atoms with Gasteiger partial charge in [-0.15, -0.1) is 0 Å². The summed E-state index contributed by atoms with van der Waals surface area (Å²) < 4.78 is 6.04. The van der Waals surface area contributed by atoms with Gasteiger partial charge in [-0.3, -0.25) is 14.5 Å². The lowest BCUT2D eigenvalue weighted by molar-refractivity contribution is -0.135. The number of hydrogen-bond acceptors (Lipinski definition) is 4. The summed E-state index contributed by atoms with van der Waals surface area (Å²) in [6.45, 7) is 5.91. The van der Waals surface area contributed by atoms with E-state index in [1.165, 1.54) is 0 Å². The summed E-state index contributed by atoms with van der Waals surface area (Å²) >= 11 is 0. The van der Waals surface area contributed by atoms with E-state index in [1.54, 1.807) is 0 Å². The normalized spacial score (nSPS) is 26.4. The fourth-order valence-corrected chi connectivity index (χ4v) is 4.44. The fraction of sp³-hybridized carbons (Fsp3) is 0.583. The lowest BCUT2D eigenvalue weighted by Crippen LogP contribution is -2.47. The first-order chi connectivity index (χ1) is 14.6. The maximum absolute atomic E-state index is 13.0. The molecule has 2 bridgehead atoms. The summed E-state index contributed by atoms with van der Waals surface area (Å²) in [6, 6.07) is 8.45. The Balaban J connectivity index is 1.50. The molecule has 0 spiro atoms. The van der Waals surface area contributed by atoms with Gasteiger partial charge in [0.15, 0.2) is 0 Å². The quantitative estimate of drug-likeness (QED) is 0.774. The van der Waals surface area contributed by atoms with Crippen molar-refractivity contribution in [1.82, 2.24) is 15.1 Å². The molecule has 2 aliphatic heterocycles. The highest BCUT2D eigenvalue weighted by Gasteiger charge is 2.33. The average molecular weight is 412 g/mol. The van der Waals surface area contributed by atoms with Crippen molar-refractivity contribution in [2.45, 2.75) is 45.2 Å². The molecular weight excluding hydrogens is 378 g/mol. The number of nitrogens with one attached hydrogen (secondary N) is 1. The SMILES string of the molecule is CCN1CC(=O)N2CC[C@@H](CC(=O)NC3CC3)[C@@H](/C=C/COc3ccccc3C1)C2. The van der Waals surface area contributed by atoms with Crippen LogP contribution in [-0.4, -0.2) is 60.4 Å². The maximum atomic E-state index is 13.0. The van der Waals surface area contributed by atoms with Crippen LogP contribution in [0, 0.1) is 11.8 Å². The van der Waals surface area contributed by atoms with Crippen molar-refractivity contribution in [2.75, 3.05) is 32.8 Å². The van der Waals surface area contributed by atoms with Crippen molar-refractivity contribution < 1.29 is 14.3 Å². The van der Waals surface area contributed by atoms with Crippen LogP contribution >= 0.6 is 0 Å². The predicted octanol–water partition coefficient (Wildman–Crippen LogP) is 2.59. The highest BCUT2D eigenvalue weighted by Crippen LogP contribution is 2.29. The van der Waals surface area contributed by atoms with Crippen molar-refractivity contribution in [3.8, 4) is 5.75 Å². The van der Waals surface area contributed by atoms with Gasteiger partial charge in [-0.2, -0.15) is 0 Å². The van der Waals surface area contributed by atoms with Crippen LogP contribution in [-0.2, 0) is 16.1 Å². The van der Waals surface area contributed by atoms with Gasteiger partial charge in [0.2, 0.25) is 11.8 Å². The summed E-state index contributed by atoms with van der Waals surface area (Å²) in [5.74, 6) is 1.65. The number of rotatable bonds is 4. The Hall–Kier alpha value is -2.34. The molecular formula is C24H33N3O3. The minimum Gasteiger partial charge on any atom is -0.489 e. The summed E-state index contributed by atoms with van der Waals surface area (Å²) in [5.41, 5.74) is 1.10. The van der Waals surface area contributed by atoms with Crippen molar-refractivity contribution in [3.05, 3.63) is 42.0 Å². The van der Waals surface area contributed by atoms with E-state index in [1.807, 2.05) is 23.1 Å². The predicted molar refractivity (Wildman–Crippen MR) is 116 cm³/mol. The molecule has 0 unspecified atom stereocenters. The molecule has 6 nitrogen and oxygen atoms in total. The van der Waals surface area contributed by atoms with E-state index in [4.69, 9.17) is 4.74 Å². The number of piperidine rings is 1. The first-order valence-corrected chi connectivity index (χ1v) is 11.3. The number of fused-ring (bicyclic) bond motifs is 3. The summed E-state index contributed by atoms with van der Waals surface area (Å²) in [6.07, 6.45) is 7.83. The second-order valence-corrected chi connectivity index (χ2v) is 8.75. The molecule has 1 N–H and O–H groups in total. The van der Waals surface area contributed by atoms with Gasteiger partial charge in [0.05, 0.1) is 6.54 Å². The summed E-state index contributed by atoms with van der Waals surface area (Å²) in [5, 5.41) is 3.11. The molecule has 2 fully saturated rings. The third kappa shape index (κ3) is 5.42. The topological polar surface area (TPSA) is 61.9 Å². The van der Waals surface area contributed by atoms with Crippen LogP contribution < -0.4 is 10.1 Å². The zero-order valence-electron chi connectivity index (χ0n) is 17.9. The van der Waals surface area contributed by atoms with Crippen LogP contribution in [0.1, 0.15) is 38.2 Å². The Kier molecular flexibility index (Phi) is 6.72. The number of likely N-dealkylation sites (N-methyl/N-ethyl adjacent to an activating group) is 1. The van der Waals surface area contributed by atoms with Gasteiger partial charge in [-0.1, -0.05) is 37.3 Å². The Morgan fingerprint density at radius 2 is 2.03 bits per heavy atom. The third-order valence-corrected chi connectivity index (χ3v) is 6.44.